The molecule has 5 heteroatoms. The molecular weight excluding hydrogens is 974 g/mol. The number of fused-ring (bicyclic) bond motifs is 1. The molecule has 9 aromatic rings. The molecular formula is C60H55N3OPt. The van der Waals surface area contributed by atoms with Crippen LogP contribution in [0.15, 0.2) is 158 Å². The van der Waals surface area contributed by atoms with Crippen molar-refractivity contribution in [2.24, 2.45) is 0 Å². The van der Waals surface area contributed by atoms with Gasteiger partial charge in [-0.25, -0.2) is 4.98 Å². The van der Waals surface area contributed by atoms with Crippen LogP contribution in [0.25, 0.3) is 83.9 Å². The second-order valence-electron chi connectivity index (χ2n) is 18.3. The van der Waals surface area contributed by atoms with Crippen molar-refractivity contribution in [3.63, 3.8) is 0 Å². The zero-order valence-electron chi connectivity index (χ0n) is 47.7. The molecule has 0 saturated heterocycles. The molecule has 0 N–H and O–H groups in total. The first kappa shape index (κ1) is 34.1. The molecule has 2 heterocycles. The van der Waals surface area contributed by atoms with Crippen LogP contribution in [0.5, 0.6) is 5.75 Å². The van der Waals surface area contributed by atoms with Gasteiger partial charge in [-0.05, 0) is 106 Å². The van der Waals surface area contributed by atoms with Gasteiger partial charge in [0.25, 0.3) is 0 Å². The van der Waals surface area contributed by atoms with Crippen molar-refractivity contribution < 1.29 is 39.5 Å². The van der Waals surface area contributed by atoms with Crippen molar-refractivity contribution in [3.8, 4) is 78.6 Å². The number of rotatable bonds is 8. The van der Waals surface area contributed by atoms with Gasteiger partial charge in [0.1, 0.15) is 5.82 Å². The number of aromatic nitrogens is 3. The largest absolute Gasteiger partial charge is 2.00 e. The minimum Gasteiger partial charge on any atom is -0.665 e. The Kier molecular flexibility index (Phi) is 9.38. The second kappa shape index (κ2) is 17.9. The zero-order valence-corrected chi connectivity index (χ0v) is 40.0. The van der Waals surface area contributed by atoms with Gasteiger partial charge in [-0.15, -0.1) is 29.3 Å². The molecule has 2 aromatic heterocycles. The predicted octanol–water partition coefficient (Wildman–Crippen LogP) is 15.9. The number of pyridine rings is 1. The summed E-state index contributed by atoms with van der Waals surface area (Å²) in [7, 11) is 3.91. The van der Waals surface area contributed by atoms with Gasteiger partial charge in [0.05, 0.1) is 37.6 Å². The molecule has 9 rings (SSSR count). The summed E-state index contributed by atoms with van der Waals surface area (Å²) in [4.78, 5) is 10.1. The summed E-state index contributed by atoms with van der Waals surface area (Å²) in [5, 5.41) is 0. The van der Waals surface area contributed by atoms with Gasteiger partial charge in [-0.1, -0.05) is 167 Å². The van der Waals surface area contributed by atoms with Crippen LogP contribution in [0.2, 0.25) is 0 Å². The fourth-order valence-corrected chi connectivity index (χ4v) is 8.44. The predicted molar refractivity (Wildman–Crippen MR) is 268 cm³/mol. The quantitative estimate of drug-likeness (QED) is 0.142. The van der Waals surface area contributed by atoms with Crippen molar-refractivity contribution in [1.29, 1.82) is 0 Å². The van der Waals surface area contributed by atoms with Gasteiger partial charge in [0.15, 0.2) is 0 Å². The maximum Gasteiger partial charge on any atom is 2.00 e. The van der Waals surface area contributed by atoms with Gasteiger partial charge < -0.3 is 4.74 Å². The third kappa shape index (κ3) is 8.90. The van der Waals surface area contributed by atoms with Crippen LogP contribution >= 0.6 is 0 Å². The summed E-state index contributed by atoms with van der Waals surface area (Å²) in [5.41, 5.74) is 10.0. The molecule has 0 aliphatic rings. The number of aryl methyl sites for hydroxylation is 2. The van der Waals surface area contributed by atoms with E-state index in [2.05, 4.69) is 86.0 Å². The van der Waals surface area contributed by atoms with Crippen LogP contribution in [0.3, 0.4) is 0 Å². The molecule has 0 aliphatic heterocycles. The third-order valence-electron chi connectivity index (χ3n) is 11.6. The normalized spacial score (nSPS) is 14.1. The van der Waals surface area contributed by atoms with Gasteiger partial charge in [0.2, 0.25) is 0 Å². The van der Waals surface area contributed by atoms with Crippen molar-refractivity contribution in [2.45, 2.75) is 73.1 Å². The molecule has 4 nitrogen and oxygen atoms in total. The smallest absolute Gasteiger partial charge is 0.665 e. The molecule has 326 valence electrons. The van der Waals surface area contributed by atoms with E-state index >= 15 is 0 Å². The summed E-state index contributed by atoms with van der Waals surface area (Å²) in [6, 6.07) is 38.5. The van der Waals surface area contributed by atoms with E-state index in [-0.39, 0.29) is 43.3 Å². The van der Waals surface area contributed by atoms with Crippen molar-refractivity contribution in [2.75, 3.05) is 0 Å². The number of hydrogen-bond acceptors (Lipinski definition) is 3. The van der Waals surface area contributed by atoms with Crippen molar-refractivity contribution in [1.82, 2.24) is 14.5 Å². The second-order valence-corrected chi connectivity index (χ2v) is 18.3. The monoisotopic (exact) mass is 1040 g/mol. The number of para-hydroxylation sites is 1. The summed E-state index contributed by atoms with van der Waals surface area (Å²) in [6.07, 6.45) is -0.581. The Morgan fingerprint density at radius 2 is 1.32 bits per heavy atom. The Labute approximate surface area is 413 Å². The minimum absolute atomic E-state index is 0. The van der Waals surface area contributed by atoms with Crippen LogP contribution in [0.4, 0.5) is 0 Å². The molecule has 0 fully saturated rings. The molecule has 0 radical (unpaired) electrons. The average Bonchev–Trinajstić information content (AvgIpc) is 3.74. The number of benzene rings is 7. The van der Waals surface area contributed by atoms with Gasteiger partial charge in [-0.3, -0.25) is 9.55 Å². The molecule has 65 heavy (non-hydrogen) atoms. The van der Waals surface area contributed by atoms with Crippen LogP contribution in [0, 0.1) is 33.9 Å². The Bertz CT molecular complexity index is 3680. The maximum atomic E-state index is 9.60. The standard InChI is InChI=1S/C60H55N3O.Pt/c1-38-24-26-41(27-25-38)44-28-29-61-53(35-44)46-32-45(33-47(34-46)59(4,5)6)48-22-17-23-54-56(48)62-58(51-31-39(2)30-40(3)57(51)64-10)63(54)55-37-49(42-18-13-11-14-19-42)52(60(7,8)9)36-50(55)43-20-15-12-16-21-43;/h11-31,33-37H,10H2,1-9H3;/q-2;+2/i1D3,24D,25D,26D,27D,28D,29D,35D;. The van der Waals surface area contributed by atoms with Gasteiger partial charge in [0, 0.05) is 21.5 Å². The van der Waals surface area contributed by atoms with E-state index in [1.807, 2.05) is 107 Å². The van der Waals surface area contributed by atoms with E-state index in [1.165, 1.54) is 0 Å². The van der Waals surface area contributed by atoms with Crippen LogP contribution in [-0.4, -0.2) is 14.5 Å². The SMILES string of the molecule is [2H]c1nc(-c2[c-]c(-c3cccc4c3nc(-c3cc(C)cc(C)c3O[CH2-])n4-c3cc(-c4ccccc4)c(C(C)(C)C)cc3-c3ccccc3)cc(C(C)(C)C)c2)c([2H])c(-c2c([2H])c([2H])c(C([2H])([2H])[2H])c([2H])c2[2H])c1[2H].[Pt+2]. The van der Waals surface area contributed by atoms with Crippen molar-refractivity contribution in [3.05, 3.63) is 199 Å². The summed E-state index contributed by atoms with van der Waals surface area (Å²) >= 11 is 0. The summed E-state index contributed by atoms with van der Waals surface area (Å²) in [6.45, 7) is 13.9. The summed E-state index contributed by atoms with van der Waals surface area (Å²) in [5.74, 6) is 1.16. The number of hydrogen-bond donors (Lipinski definition) is 0. The molecule has 7 aromatic carbocycles. The van der Waals surface area contributed by atoms with Gasteiger partial charge >= 0.3 is 21.1 Å². The maximum absolute atomic E-state index is 9.60. The van der Waals surface area contributed by atoms with E-state index in [9.17, 15) is 1.37 Å². The Hall–Kier alpha value is -6.35. The Morgan fingerprint density at radius 3 is 1.97 bits per heavy atom. The molecule has 0 amide bonds. The van der Waals surface area contributed by atoms with E-state index in [0.29, 0.717) is 28.2 Å². The fraction of sp³-hybridized carbons (Fsp3) is 0.183. The molecule has 0 atom stereocenters. The molecule has 0 aliphatic carbocycles. The fourth-order valence-electron chi connectivity index (χ4n) is 8.44. The number of ether oxygens (including phenoxy) is 1. The first-order chi connectivity index (χ1) is 34.8. The van der Waals surface area contributed by atoms with Crippen LogP contribution in [0.1, 0.15) is 83.1 Å². The third-order valence-corrected chi connectivity index (χ3v) is 11.6. The number of nitrogens with zero attached hydrogens (tertiary/aromatic N) is 3. The first-order valence-electron chi connectivity index (χ1n) is 26.3. The van der Waals surface area contributed by atoms with Gasteiger partial charge in [-0.2, -0.15) is 7.11 Å². The molecule has 0 saturated carbocycles. The first-order valence-corrected chi connectivity index (χ1v) is 21.3. The topological polar surface area (TPSA) is 39.9 Å². The molecule has 0 spiro atoms. The van der Waals surface area contributed by atoms with Crippen LogP contribution < -0.4 is 4.74 Å². The summed E-state index contributed by atoms with van der Waals surface area (Å²) < 4.78 is 94.5. The Balaban J connectivity index is 0.00000747. The van der Waals surface area contributed by atoms with Crippen molar-refractivity contribution >= 4 is 11.0 Å². The van der Waals surface area contributed by atoms with E-state index < -0.39 is 65.8 Å². The van der Waals surface area contributed by atoms with E-state index in [1.54, 1.807) is 0 Å². The molecule has 0 bridgehead atoms. The van der Waals surface area contributed by atoms with E-state index in [0.717, 1.165) is 61.3 Å². The average molecular weight is 1040 g/mol. The van der Waals surface area contributed by atoms with Crippen LogP contribution in [-0.2, 0) is 31.9 Å². The zero-order chi connectivity index (χ0) is 53.5. The Morgan fingerprint density at radius 1 is 0.646 bits per heavy atom. The minimum atomic E-state index is -2.97. The molecule has 0 unspecified atom stereocenters. The van der Waals surface area contributed by atoms with E-state index in [4.69, 9.17) is 22.1 Å². The number of imidazole rings is 1.